The molecule has 1 saturated heterocycles. The smallest absolute Gasteiger partial charge is 0.259 e. The fourth-order valence-corrected chi connectivity index (χ4v) is 4.95. The van der Waals surface area contributed by atoms with Gasteiger partial charge in [0.25, 0.3) is 11.5 Å². The van der Waals surface area contributed by atoms with Gasteiger partial charge in [-0.2, -0.15) is 5.10 Å². The highest BCUT2D eigenvalue weighted by Crippen LogP contribution is 2.33. The number of aryl methyl sites for hydroxylation is 1. The molecule has 2 aromatic heterocycles. The molecule has 2 N–H and O–H groups in total. The molecule has 7 heteroatoms. The highest BCUT2D eigenvalue weighted by molar-refractivity contribution is 6.07. The molecule has 1 aliphatic carbocycles. The van der Waals surface area contributed by atoms with E-state index in [1.54, 1.807) is 6.20 Å². The monoisotopic (exact) mass is 408 g/mol. The summed E-state index contributed by atoms with van der Waals surface area (Å²) in [6, 6.07) is 4.15. The first-order chi connectivity index (χ1) is 14.6. The van der Waals surface area contributed by atoms with E-state index in [0.29, 0.717) is 29.5 Å². The SMILES string of the molecule is Cc1cc2[nH]c(=O)c3cnn(C4CCCC4)c3c2cc1C(=O)NCC1CCOCC1. The minimum absolute atomic E-state index is 0.0628. The van der Waals surface area contributed by atoms with Gasteiger partial charge in [0.15, 0.2) is 0 Å². The molecule has 5 rings (SSSR count). The number of carbonyl (C=O) groups excluding carboxylic acids is 1. The highest BCUT2D eigenvalue weighted by atomic mass is 16.5. The molecular weight excluding hydrogens is 380 g/mol. The fourth-order valence-electron chi connectivity index (χ4n) is 4.95. The van der Waals surface area contributed by atoms with E-state index in [2.05, 4.69) is 15.4 Å². The van der Waals surface area contributed by atoms with Crippen molar-refractivity contribution in [3.05, 3.63) is 39.8 Å². The second-order valence-corrected chi connectivity index (χ2v) is 8.72. The number of amides is 1. The topological polar surface area (TPSA) is 89.0 Å². The van der Waals surface area contributed by atoms with E-state index < -0.39 is 0 Å². The summed E-state index contributed by atoms with van der Waals surface area (Å²) >= 11 is 0. The Morgan fingerprint density at radius 3 is 2.73 bits per heavy atom. The summed E-state index contributed by atoms with van der Waals surface area (Å²) in [5.41, 5.74) is 2.98. The predicted octanol–water partition coefficient (Wildman–Crippen LogP) is 3.46. The Morgan fingerprint density at radius 2 is 1.97 bits per heavy atom. The maximum Gasteiger partial charge on any atom is 0.259 e. The summed E-state index contributed by atoms with van der Waals surface area (Å²) in [6.07, 6.45) is 8.17. The van der Waals surface area contributed by atoms with Crippen molar-refractivity contribution in [1.29, 1.82) is 0 Å². The number of pyridine rings is 1. The van der Waals surface area contributed by atoms with Gasteiger partial charge in [-0.05, 0) is 56.2 Å². The molecule has 3 heterocycles. The molecule has 7 nitrogen and oxygen atoms in total. The lowest BCUT2D eigenvalue weighted by molar-refractivity contribution is 0.0642. The highest BCUT2D eigenvalue weighted by Gasteiger charge is 2.23. The summed E-state index contributed by atoms with van der Waals surface area (Å²) in [7, 11) is 0. The molecule has 0 spiro atoms. The molecule has 158 valence electrons. The van der Waals surface area contributed by atoms with E-state index in [4.69, 9.17) is 4.74 Å². The van der Waals surface area contributed by atoms with E-state index in [1.807, 2.05) is 23.7 Å². The molecule has 2 aliphatic rings. The van der Waals surface area contributed by atoms with Crippen LogP contribution in [0.3, 0.4) is 0 Å². The molecule has 0 atom stereocenters. The molecule has 30 heavy (non-hydrogen) atoms. The van der Waals surface area contributed by atoms with Crippen LogP contribution in [0.4, 0.5) is 0 Å². The normalized spacial score (nSPS) is 18.4. The average Bonchev–Trinajstić information content (AvgIpc) is 3.42. The maximum atomic E-state index is 13.0. The summed E-state index contributed by atoms with van der Waals surface area (Å²) in [5, 5.41) is 9.15. The Balaban J connectivity index is 1.54. The van der Waals surface area contributed by atoms with Gasteiger partial charge in [-0.25, -0.2) is 0 Å². The molecule has 3 aromatic rings. The second-order valence-electron chi connectivity index (χ2n) is 8.72. The van der Waals surface area contributed by atoms with Gasteiger partial charge in [-0.15, -0.1) is 0 Å². The van der Waals surface area contributed by atoms with Crippen LogP contribution in [0.25, 0.3) is 21.8 Å². The number of ether oxygens (including phenoxy) is 1. The van der Waals surface area contributed by atoms with Crippen LogP contribution in [0.15, 0.2) is 23.1 Å². The van der Waals surface area contributed by atoms with Gasteiger partial charge in [0.05, 0.1) is 28.7 Å². The van der Waals surface area contributed by atoms with Gasteiger partial charge in [-0.3, -0.25) is 14.3 Å². The van der Waals surface area contributed by atoms with Gasteiger partial charge in [0, 0.05) is 30.7 Å². The zero-order valence-electron chi connectivity index (χ0n) is 17.4. The standard InChI is InChI=1S/C23H28N4O3/c1-14-10-20-18(11-17(14)22(28)24-12-15-6-8-30-9-7-15)21-19(23(29)26-20)13-25-27(21)16-4-2-3-5-16/h10-11,13,15-16H,2-9,12H2,1H3,(H,24,28)(H,26,29). The Labute approximate surface area is 174 Å². The number of carbonyl (C=O) groups is 1. The van der Waals surface area contributed by atoms with Crippen LogP contribution < -0.4 is 10.9 Å². The summed E-state index contributed by atoms with van der Waals surface area (Å²) in [6.45, 7) is 4.12. The molecule has 0 radical (unpaired) electrons. The van der Waals surface area contributed by atoms with E-state index in [1.165, 1.54) is 12.8 Å². The van der Waals surface area contributed by atoms with Crippen molar-refractivity contribution in [3.63, 3.8) is 0 Å². The minimum atomic E-state index is -0.127. The van der Waals surface area contributed by atoms with Crippen molar-refractivity contribution in [2.24, 2.45) is 5.92 Å². The molecule has 1 aromatic carbocycles. The van der Waals surface area contributed by atoms with E-state index >= 15 is 0 Å². The lowest BCUT2D eigenvalue weighted by atomic mass is 9.99. The average molecular weight is 409 g/mol. The third-order valence-corrected chi connectivity index (χ3v) is 6.72. The number of hydrogen-bond donors (Lipinski definition) is 2. The van der Waals surface area contributed by atoms with Gasteiger partial charge in [0.2, 0.25) is 0 Å². The van der Waals surface area contributed by atoms with Crippen LogP contribution in [-0.4, -0.2) is 40.4 Å². The number of benzene rings is 1. The number of aromatic nitrogens is 3. The van der Waals surface area contributed by atoms with Crippen molar-refractivity contribution < 1.29 is 9.53 Å². The number of hydrogen-bond acceptors (Lipinski definition) is 4. The predicted molar refractivity (Wildman–Crippen MR) is 116 cm³/mol. The molecule has 1 saturated carbocycles. The Kier molecular flexibility index (Phi) is 5.06. The number of aromatic amines is 1. The van der Waals surface area contributed by atoms with Gasteiger partial charge >= 0.3 is 0 Å². The van der Waals surface area contributed by atoms with Crippen LogP contribution in [-0.2, 0) is 4.74 Å². The third kappa shape index (κ3) is 3.41. The van der Waals surface area contributed by atoms with Crippen LogP contribution >= 0.6 is 0 Å². The number of nitrogens with one attached hydrogen (secondary N) is 2. The summed E-state index contributed by atoms with van der Waals surface area (Å²) < 4.78 is 7.42. The van der Waals surface area contributed by atoms with Crippen molar-refractivity contribution in [2.45, 2.75) is 51.5 Å². The Morgan fingerprint density at radius 1 is 1.20 bits per heavy atom. The third-order valence-electron chi connectivity index (χ3n) is 6.72. The van der Waals surface area contributed by atoms with Crippen LogP contribution in [0.5, 0.6) is 0 Å². The zero-order valence-corrected chi connectivity index (χ0v) is 17.4. The fraction of sp³-hybridized carbons (Fsp3) is 0.522. The Hall–Kier alpha value is -2.67. The van der Waals surface area contributed by atoms with Crippen molar-refractivity contribution in [1.82, 2.24) is 20.1 Å². The molecular formula is C23H28N4O3. The molecule has 0 bridgehead atoms. The Bertz CT molecular complexity index is 1150. The number of rotatable bonds is 4. The van der Waals surface area contributed by atoms with Gasteiger partial charge < -0.3 is 15.0 Å². The van der Waals surface area contributed by atoms with Crippen LogP contribution in [0.1, 0.15) is 60.5 Å². The molecule has 1 aliphatic heterocycles. The van der Waals surface area contributed by atoms with Crippen molar-refractivity contribution in [2.75, 3.05) is 19.8 Å². The van der Waals surface area contributed by atoms with Crippen LogP contribution in [0, 0.1) is 12.8 Å². The first-order valence-corrected chi connectivity index (χ1v) is 11.0. The number of nitrogens with zero attached hydrogens (tertiary/aromatic N) is 2. The molecule has 1 amide bonds. The van der Waals surface area contributed by atoms with Gasteiger partial charge in [-0.1, -0.05) is 12.8 Å². The maximum absolute atomic E-state index is 13.0. The zero-order chi connectivity index (χ0) is 20.7. The van der Waals surface area contributed by atoms with Crippen molar-refractivity contribution >= 4 is 27.7 Å². The first-order valence-electron chi connectivity index (χ1n) is 11.0. The van der Waals surface area contributed by atoms with Crippen molar-refractivity contribution in [3.8, 4) is 0 Å². The largest absolute Gasteiger partial charge is 0.381 e. The van der Waals surface area contributed by atoms with E-state index in [-0.39, 0.29) is 11.5 Å². The lowest BCUT2D eigenvalue weighted by Crippen LogP contribution is -2.32. The molecule has 0 unspecified atom stereocenters. The summed E-state index contributed by atoms with van der Waals surface area (Å²) in [5.74, 6) is 0.405. The minimum Gasteiger partial charge on any atom is -0.381 e. The lowest BCUT2D eigenvalue weighted by Gasteiger charge is -2.22. The quantitative estimate of drug-likeness (QED) is 0.692. The van der Waals surface area contributed by atoms with Crippen LogP contribution in [0.2, 0.25) is 0 Å². The summed E-state index contributed by atoms with van der Waals surface area (Å²) in [4.78, 5) is 28.6. The first kappa shape index (κ1) is 19.3. The van der Waals surface area contributed by atoms with Gasteiger partial charge in [0.1, 0.15) is 0 Å². The second kappa shape index (κ2) is 7.87. The van der Waals surface area contributed by atoms with E-state index in [9.17, 15) is 9.59 Å². The number of fused-ring (bicyclic) bond motifs is 3. The number of H-pyrrole nitrogens is 1. The van der Waals surface area contributed by atoms with E-state index in [0.717, 1.165) is 60.9 Å². The molecule has 2 fully saturated rings.